The Morgan fingerprint density at radius 2 is 1.82 bits per heavy atom. The molecule has 112 valence electrons. The third-order valence-electron chi connectivity index (χ3n) is 3.17. The quantitative estimate of drug-likeness (QED) is 0.534. The van der Waals surface area contributed by atoms with Crippen LogP contribution in [-0.2, 0) is 0 Å². The van der Waals surface area contributed by atoms with Gasteiger partial charge in [0.2, 0.25) is 0 Å². The molecule has 0 atom stereocenters. The van der Waals surface area contributed by atoms with Gasteiger partial charge in [-0.15, -0.1) is 0 Å². The van der Waals surface area contributed by atoms with E-state index in [0.29, 0.717) is 16.8 Å². The van der Waals surface area contributed by atoms with Gasteiger partial charge in [-0.1, -0.05) is 30.3 Å². The maximum atomic E-state index is 12.0. The standard InChI is InChI=1S/C16H15N3O3/c1-11-10-14(8-9-15(11)19(21)22)16(20)18-17-12(2)13-6-4-3-5-7-13/h3-10H,1-2H3,(H,18,20). The molecular weight excluding hydrogens is 282 g/mol. The summed E-state index contributed by atoms with van der Waals surface area (Å²) < 4.78 is 0. The summed E-state index contributed by atoms with van der Waals surface area (Å²) in [5.41, 5.74) is 4.78. The molecule has 1 N–H and O–H groups in total. The lowest BCUT2D eigenvalue weighted by atomic mass is 10.1. The molecule has 6 nitrogen and oxygen atoms in total. The van der Waals surface area contributed by atoms with E-state index in [-0.39, 0.29) is 5.69 Å². The minimum Gasteiger partial charge on any atom is -0.267 e. The largest absolute Gasteiger partial charge is 0.272 e. The van der Waals surface area contributed by atoms with Crippen LogP contribution in [0.15, 0.2) is 53.6 Å². The first-order valence-electron chi connectivity index (χ1n) is 6.64. The number of hydrogen-bond donors (Lipinski definition) is 1. The van der Waals surface area contributed by atoms with Gasteiger partial charge in [-0.3, -0.25) is 14.9 Å². The number of nitro benzene ring substituents is 1. The van der Waals surface area contributed by atoms with E-state index in [1.54, 1.807) is 13.8 Å². The molecule has 2 aromatic rings. The van der Waals surface area contributed by atoms with Gasteiger partial charge in [0.1, 0.15) is 0 Å². The van der Waals surface area contributed by atoms with Crippen LogP contribution >= 0.6 is 0 Å². The molecule has 0 aromatic heterocycles. The average molecular weight is 297 g/mol. The summed E-state index contributed by atoms with van der Waals surface area (Å²) in [6.07, 6.45) is 0. The molecule has 0 saturated carbocycles. The summed E-state index contributed by atoms with van der Waals surface area (Å²) >= 11 is 0. The fraction of sp³-hybridized carbons (Fsp3) is 0.125. The number of nitrogens with zero attached hydrogens (tertiary/aromatic N) is 2. The maximum Gasteiger partial charge on any atom is 0.272 e. The van der Waals surface area contributed by atoms with Crippen LogP contribution in [0.4, 0.5) is 5.69 Å². The molecule has 6 heteroatoms. The minimum absolute atomic E-state index is 0.0134. The Hall–Kier alpha value is -3.02. The summed E-state index contributed by atoms with van der Waals surface area (Å²) in [6.45, 7) is 3.38. The Morgan fingerprint density at radius 3 is 2.41 bits per heavy atom. The lowest BCUT2D eigenvalue weighted by Crippen LogP contribution is -2.19. The van der Waals surface area contributed by atoms with E-state index in [1.807, 2.05) is 30.3 Å². The third kappa shape index (κ3) is 3.54. The Morgan fingerprint density at radius 1 is 1.14 bits per heavy atom. The van der Waals surface area contributed by atoms with Gasteiger partial charge in [0.25, 0.3) is 11.6 Å². The second-order valence-corrected chi connectivity index (χ2v) is 4.76. The molecule has 0 heterocycles. The second-order valence-electron chi connectivity index (χ2n) is 4.76. The lowest BCUT2D eigenvalue weighted by molar-refractivity contribution is -0.385. The van der Waals surface area contributed by atoms with Crippen molar-refractivity contribution in [2.45, 2.75) is 13.8 Å². The van der Waals surface area contributed by atoms with Crippen LogP contribution in [0.25, 0.3) is 0 Å². The molecule has 22 heavy (non-hydrogen) atoms. The van der Waals surface area contributed by atoms with Gasteiger partial charge >= 0.3 is 0 Å². The van der Waals surface area contributed by atoms with E-state index in [0.717, 1.165) is 5.56 Å². The van der Waals surface area contributed by atoms with Gasteiger partial charge in [0, 0.05) is 17.2 Å². The molecule has 2 rings (SSSR count). The Balaban J connectivity index is 2.13. The molecule has 0 aliphatic heterocycles. The van der Waals surface area contributed by atoms with E-state index in [1.165, 1.54) is 18.2 Å². The highest BCUT2D eigenvalue weighted by Crippen LogP contribution is 2.18. The molecule has 0 saturated heterocycles. The first-order chi connectivity index (χ1) is 10.5. The number of amides is 1. The SMILES string of the molecule is CC(=NNC(=O)c1ccc([N+](=O)[O-])c(C)c1)c1ccccc1. The van der Waals surface area contributed by atoms with Crippen LogP contribution in [-0.4, -0.2) is 16.5 Å². The number of nitro groups is 1. The number of nitrogens with one attached hydrogen (secondary N) is 1. The normalized spacial score (nSPS) is 11.1. The monoisotopic (exact) mass is 297 g/mol. The number of rotatable bonds is 4. The predicted octanol–water partition coefficient (Wildman–Crippen LogP) is 3.06. The van der Waals surface area contributed by atoms with Crippen molar-refractivity contribution < 1.29 is 9.72 Å². The Kier molecular flexibility index (Phi) is 4.63. The summed E-state index contributed by atoms with van der Waals surface area (Å²) in [5, 5.41) is 14.8. The lowest BCUT2D eigenvalue weighted by Gasteiger charge is -2.04. The van der Waals surface area contributed by atoms with Gasteiger partial charge in [0.15, 0.2) is 0 Å². The fourth-order valence-corrected chi connectivity index (χ4v) is 1.94. The molecule has 0 spiro atoms. The number of aryl methyl sites for hydroxylation is 1. The Labute approximate surface area is 127 Å². The summed E-state index contributed by atoms with van der Waals surface area (Å²) in [5.74, 6) is -0.409. The minimum atomic E-state index is -0.477. The number of hydrogen-bond acceptors (Lipinski definition) is 4. The van der Waals surface area contributed by atoms with Crippen LogP contribution in [0.3, 0.4) is 0 Å². The van der Waals surface area contributed by atoms with Crippen molar-refractivity contribution in [3.05, 3.63) is 75.3 Å². The average Bonchev–Trinajstić information content (AvgIpc) is 2.52. The first kappa shape index (κ1) is 15.4. The molecule has 0 unspecified atom stereocenters. The van der Waals surface area contributed by atoms with Gasteiger partial charge in [-0.25, -0.2) is 5.43 Å². The summed E-state index contributed by atoms with van der Waals surface area (Å²) in [7, 11) is 0. The second kappa shape index (κ2) is 6.62. The van der Waals surface area contributed by atoms with E-state index in [4.69, 9.17) is 0 Å². The molecule has 0 fully saturated rings. The molecular formula is C16H15N3O3. The maximum absolute atomic E-state index is 12.0. The molecule has 2 aromatic carbocycles. The van der Waals surface area contributed by atoms with Gasteiger partial charge in [0.05, 0.1) is 10.6 Å². The zero-order valence-corrected chi connectivity index (χ0v) is 12.2. The highest BCUT2D eigenvalue weighted by atomic mass is 16.6. The topological polar surface area (TPSA) is 84.6 Å². The van der Waals surface area contributed by atoms with E-state index >= 15 is 0 Å². The van der Waals surface area contributed by atoms with Crippen molar-refractivity contribution in [1.29, 1.82) is 0 Å². The molecule has 0 radical (unpaired) electrons. The van der Waals surface area contributed by atoms with Crippen molar-refractivity contribution in [2.24, 2.45) is 5.10 Å². The van der Waals surface area contributed by atoms with Crippen LogP contribution in [0.5, 0.6) is 0 Å². The summed E-state index contributed by atoms with van der Waals surface area (Å²) in [4.78, 5) is 22.3. The molecule has 0 aliphatic carbocycles. The van der Waals surface area contributed by atoms with Crippen molar-refractivity contribution in [1.82, 2.24) is 5.43 Å². The third-order valence-corrected chi connectivity index (χ3v) is 3.17. The van der Waals surface area contributed by atoms with Crippen LogP contribution in [0, 0.1) is 17.0 Å². The molecule has 0 bridgehead atoms. The zero-order chi connectivity index (χ0) is 16.1. The van der Waals surface area contributed by atoms with Gasteiger partial charge < -0.3 is 0 Å². The van der Waals surface area contributed by atoms with E-state index < -0.39 is 10.8 Å². The van der Waals surface area contributed by atoms with E-state index in [9.17, 15) is 14.9 Å². The Bertz CT molecular complexity index is 740. The smallest absolute Gasteiger partial charge is 0.267 e. The van der Waals surface area contributed by atoms with Crippen molar-refractivity contribution in [3.8, 4) is 0 Å². The first-order valence-corrected chi connectivity index (χ1v) is 6.64. The fourth-order valence-electron chi connectivity index (χ4n) is 1.94. The molecule has 0 aliphatic rings. The molecule has 1 amide bonds. The highest BCUT2D eigenvalue weighted by molar-refractivity contribution is 6.00. The van der Waals surface area contributed by atoms with Crippen LogP contribution in [0.2, 0.25) is 0 Å². The highest BCUT2D eigenvalue weighted by Gasteiger charge is 2.13. The van der Waals surface area contributed by atoms with Crippen molar-refractivity contribution in [2.75, 3.05) is 0 Å². The van der Waals surface area contributed by atoms with Crippen molar-refractivity contribution >= 4 is 17.3 Å². The van der Waals surface area contributed by atoms with Crippen LogP contribution < -0.4 is 5.43 Å². The zero-order valence-electron chi connectivity index (χ0n) is 12.2. The van der Waals surface area contributed by atoms with E-state index in [2.05, 4.69) is 10.5 Å². The number of carbonyl (C=O) groups is 1. The summed E-state index contributed by atoms with van der Waals surface area (Å²) in [6, 6.07) is 13.6. The predicted molar refractivity (Wildman–Crippen MR) is 84.0 cm³/mol. The van der Waals surface area contributed by atoms with Crippen LogP contribution in [0.1, 0.15) is 28.4 Å². The van der Waals surface area contributed by atoms with Gasteiger partial charge in [-0.2, -0.15) is 5.10 Å². The van der Waals surface area contributed by atoms with Gasteiger partial charge in [-0.05, 0) is 31.5 Å². The number of carbonyl (C=O) groups excluding carboxylic acids is 1. The van der Waals surface area contributed by atoms with Crippen molar-refractivity contribution in [3.63, 3.8) is 0 Å². The number of benzene rings is 2. The number of hydrazone groups is 1.